The number of carboxylic acid groups (broad SMARTS) is 1. The molecule has 0 amide bonds. The summed E-state index contributed by atoms with van der Waals surface area (Å²) in [6.07, 6.45) is 0.875. The minimum Gasteiger partial charge on any atom is -0.480 e. The molecule has 110 valence electrons. The van der Waals surface area contributed by atoms with E-state index in [9.17, 15) is 9.90 Å². The van der Waals surface area contributed by atoms with Crippen molar-refractivity contribution in [3.05, 3.63) is 55.1 Å². The summed E-state index contributed by atoms with van der Waals surface area (Å²) in [4.78, 5) is 14.8. The number of carbonyl (C=O) groups is 1. The molecule has 2 aromatic rings. The standard InChI is InChI=1S/C15H13BrClNO2S/c16-12-7-10(21-14(12)17)8-18-6-5-9-3-1-2-4-11(9)13(18)15(19)20/h1-4,7,13H,5-6,8H2,(H,19,20). The zero-order valence-corrected chi connectivity index (χ0v) is 14.2. The van der Waals surface area contributed by atoms with E-state index in [1.165, 1.54) is 11.3 Å². The highest BCUT2D eigenvalue weighted by atomic mass is 79.9. The van der Waals surface area contributed by atoms with Gasteiger partial charge in [0.15, 0.2) is 0 Å². The van der Waals surface area contributed by atoms with Gasteiger partial charge >= 0.3 is 5.97 Å². The number of nitrogens with zero attached hydrogens (tertiary/aromatic N) is 1. The maximum atomic E-state index is 11.7. The summed E-state index contributed by atoms with van der Waals surface area (Å²) in [5, 5.41) is 9.62. The second kappa shape index (κ2) is 6.08. The molecule has 21 heavy (non-hydrogen) atoms. The molecule has 1 aromatic heterocycles. The molecule has 0 bridgehead atoms. The predicted molar refractivity (Wildman–Crippen MR) is 88.0 cm³/mol. The SMILES string of the molecule is O=C(O)C1c2ccccc2CCN1Cc1cc(Br)c(Cl)s1. The third-order valence-corrected chi connectivity index (χ3v) is 6.13. The van der Waals surface area contributed by atoms with Gasteiger partial charge in [0.05, 0.1) is 0 Å². The van der Waals surface area contributed by atoms with Crippen LogP contribution >= 0.6 is 38.9 Å². The van der Waals surface area contributed by atoms with Crippen molar-refractivity contribution in [1.82, 2.24) is 4.90 Å². The molecular weight excluding hydrogens is 374 g/mol. The van der Waals surface area contributed by atoms with Crippen molar-refractivity contribution >= 4 is 44.8 Å². The first-order chi connectivity index (χ1) is 10.1. The number of benzene rings is 1. The fraction of sp³-hybridized carbons (Fsp3) is 0.267. The number of aliphatic carboxylic acids is 1. The third-order valence-electron chi connectivity index (χ3n) is 3.67. The Labute approximate surface area is 140 Å². The first-order valence-electron chi connectivity index (χ1n) is 6.54. The molecule has 0 radical (unpaired) electrons. The Hall–Kier alpha value is -0.880. The average molecular weight is 387 g/mol. The van der Waals surface area contributed by atoms with Crippen LogP contribution in [-0.2, 0) is 17.8 Å². The molecule has 0 saturated heterocycles. The number of hydrogen-bond acceptors (Lipinski definition) is 3. The maximum absolute atomic E-state index is 11.7. The van der Waals surface area contributed by atoms with Gasteiger partial charge in [-0.3, -0.25) is 9.69 Å². The summed E-state index contributed by atoms with van der Waals surface area (Å²) in [5.41, 5.74) is 2.03. The Morgan fingerprint density at radius 3 is 2.90 bits per heavy atom. The van der Waals surface area contributed by atoms with E-state index >= 15 is 0 Å². The summed E-state index contributed by atoms with van der Waals surface area (Å²) < 4.78 is 1.57. The molecule has 1 aliphatic heterocycles. The minimum absolute atomic E-state index is 0.588. The van der Waals surface area contributed by atoms with E-state index in [4.69, 9.17) is 11.6 Å². The Morgan fingerprint density at radius 2 is 2.24 bits per heavy atom. The van der Waals surface area contributed by atoms with Crippen LogP contribution in [0.25, 0.3) is 0 Å². The molecule has 0 fully saturated rings. The monoisotopic (exact) mass is 385 g/mol. The van der Waals surface area contributed by atoms with E-state index in [2.05, 4.69) is 15.9 Å². The van der Waals surface area contributed by atoms with Crippen LogP contribution in [0.4, 0.5) is 0 Å². The van der Waals surface area contributed by atoms with E-state index < -0.39 is 12.0 Å². The van der Waals surface area contributed by atoms with Gasteiger partial charge in [0.25, 0.3) is 0 Å². The number of rotatable bonds is 3. The number of fused-ring (bicyclic) bond motifs is 1. The summed E-state index contributed by atoms with van der Waals surface area (Å²) in [7, 11) is 0. The van der Waals surface area contributed by atoms with Crippen LogP contribution in [0.2, 0.25) is 4.34 Å². The molecule has 0 saturated carbocycles. The van der Waals surface area contributed by atoms with Crippen molar-refractivity contribution in [1.29, 1.82) is 0 Å². The highest BCUT2D eigenvalue weighted by Crippen LogP contribution is 2.36. The molecule has 2 heterocycles. The number of halogens is 2. The normalized spacial score (nSPS) is 18.5. The number of carboxylic acids is 1. The predicted octanol–water partition coefficient (Wildman–Crippen LogP) is 4.35. The van der Waals surface area contributed by atoms with Crippen LogP contribution in [0.3, 0.4) is 0 Å². The van der Waals surface area contributed by atoms with Crippen molar-refractivity contribution in [2.45, 2.75) is 19.0 Å². The van der Waals surface area contributed by atoms with Gasteiger partial charge in [-0.2, -0.15) is 0 Å². The average Bonchev–Trinajstić information content (AvgIpc) is 2.76. The topological polar surface area (TPSA) is 40.5 Å². The van der Waals surface area contributed by atoms with Gasteiger partial charge in [-0.05, 0) is 39.5 Å². The summed E-state index contributed by atoms with van der Waals surface area (Å²) in [5.74, 6) is -0.802. The molecule has 6 heteroatoms. The number of thiophene rings is 1. The summed E-state index contributed by atoms with van der Waals surface area (Å²) in [6.45, 7) is 1.34. The molecule has 1 unspecified atom stereocenters. The van der Waals surface area contributed by atoms with Gasteiger partial charge in [0, 0.05) is 22.4 Å². The van der Waals surface area contributed by atoms with Crippen LogP contribution in [0.15, 0.2) is 34.8 Å². The van der Waals surface area contributed by atoms with Crippen molar-refractivity contribution < 1.29 is 9.90 Å². The molecule has 0 aliphatic carbocycles. The van der Waals surface area contributed by atoms with E-state index in [1.54, 1.807) is 0 Å². The van der Waals surface area contributed by atoms with Crippen molar-refractivity contribution in [2.24, 2.45) is 0 Å². The van der Waals surface area contributed by atoms with E-state index in [0.717, 1.165) is 33.4 Å². The third kappa shape index (κ3) is 3.01. The van der Waals surface area contributed by atoms with Gasteiger partial charge in [-0.1, -0.05) is 35.9 Å². The Bertz CT molecular complexity index is 669. The first-order valence-corrected chi connectivity index (χ1v) is 8.53. The first kappa shape index (κ1) is 15.0. The maximum Gasteiger partial charge on any atom is 0.325 e. The highest BCUT2D eigenvalue weighted by molar-refractivity contribution is 9.10. The number of hydrogen-bond donors (Lipinski definition) is 1. The van der Waals surface area contributed by atoms with E-state index in [1.807, 2.05) is 35.2 Å². The molecule has 1 aromatic carbocycles. The van der Waals surface area contributed by atoms with Crippen LogP contribution in [0.1, 0.15) is 22.0 Å². The smallest absolute Gasteiger partial charge is 0.325 e. The fourth-order valence-corrected chi connectivity index (χ4v) is 4.56. The highest BCUT2D eigenvalue weighted by Gasteiger charge is 2.32. The molecular formula is C15H13BrClNO2S. The lowest BCUT2D eigenvalue weighted by atomic mass is 9.92. The fourth-order valence-electron chi connectivity index (χ4n) is 2.75. The molecule has 1 aliphatic rings. The Kier molecular flexibility index (Phi) is 4.36. The lowest BCUT2D eigenvalue weighted by molar-refractivity contribution is -0.144. The summed E-state index contributed by atoms with van der Waals surface area (Å²) >= 11 is 10.9. The van der Waals surface area contributed by atoms with Crippen molar-refractivity contribution in [2.75, 3.05) is 6.54 Å². The van der Waals surface area contributed by atoms with Crippen LogP contribution in [-0.4, -0.2) is 22.5 Å². The molecule has 3 nitrogen and oxygen atoms in total. The van der Waals surface area contributed by atoms with Gasteiger partial charge in [-0.15, -0.1) is 11.3 Å². The molecule has 0 spiro atoms. The molecule has 1 atom stereocenters. The van der Waals surface area contributed by atoms with E-state index in [0.29, 0.717) is 10.9 Å². The second-order valence-electron chi connectivity index (χ2n) is 4.99. The van der Waals surface area contributed by atoms with Crippen LogP contribution < -0.4 is 0 Å². The van der Waals surface area contributed by atoms with Gasteiger partial charge in [0.1, 0.15) is 10.4 Å². The van der Waals surface area contributed by atoms with Gasteiger partial charge in [0.2, 0.25) is 0 Å². The van der Waals surface area contributed by atoms with Gasteiger partial charge in [-0.25, -0.2) is 0 Å². The van der Waals surface area contributed by atoms with Crippen LogP contribution in [0, 0.1) is 0 Å². The van der Waals surface area contributed by atoms with Gasteiger partial charge < -0.3 is 5.11 Å². The zero-order valence-electron chi connectivity index (χ0n) is 11.1. The van der Waals surface area contributed by atoms with E-state index in [-0.39, 0.29) is 0 Å². The van der Waals surface area contributed by atoms with Crippen molar-refractivity contribution in [3.63, 3.8) is 0 Å². The molecule has 3 rings (SSSR count). The lowest BCUT2D eigenvalue weighted by Crippen LogP contribution is -2.39. The largest absolute Gasteiger partial charge is 0.480 e. The van der Waals surface area contributed by atoms with Crippen molar-refractivity contribution in [3.8, 4) is 0 Å². The Balaban J connectivity index is 1.90. The second-order valence-corrected chi connectivity index (χ2v) is 7.59. The lowest BCUT2D eigenvalue weighted by Gasteiger charge is -2.34. The molecule has 1 N–H and O–H groups in total. The summed E-state index contributed by atoms with van der Waals surface area (Å²) in [6, 6.07) is 9.17. The van der Waals surface area contributed by atoms with Crippen LogP contribution in [0.5, 0.6) is 0 Å². The zero-order chi connectivity index (χ0) is 15.0. The minimum atomic E-state index is -0.802. The Morgan fingerprint density at radius 1 is 1.48 bits per heavy atom. The quantitative estimate of drug-likeness (QED) is 0.852.